The first-order chi connectivity index (χ1) is 17.2. The highest BCUT2D eigenvalue weighted by molar-refractivity contribution is 6.02. The Hall–Kier alpha value is -5.15. The molecule has 5 rings (SSSR count). The van der Waals surface area contributed by atoms with E-state index in [4.69, 9.17) is 24.5 Å². The molecule has 11 heteroatoms. The van der Waals surface area contributed by atoms with Crippen LogP contribution in [0.5, 0.6) is 23.0 Å². The van der Waals surface area contributed by atoms with Crippen LogP contribution in [0.4, 0.5) is 0 Å². The Morgan fingerprint density at radius 3 is 1.94 bits per heavy atom. The highest BCUT2D eigenvalue weighted by atomic mass is 16.6. The minimum absolute atomic E-state index is 0.0171. The van der Waals surface area contributed by atoms with Crippen molar-refractivity contribution in [3.8, 4) is 23.0 Å². The zero-order valence-corrected chi connectivity index (χ0v) is 18.8. The van der Waals surface area contributed by atoms with Crippen molar-refractivity contribution in [1.82, 2.24) is 0 Å². The van der Waals surface area contributed by atoms with Crippen molar-refractivity contribution in [3.05, 3.63) is 92.9 Å². The van der Waals surface area contributed by atoms with Crippen LogP contribution >= 0.6 is 0 Å². The van der Waals surface area contributed by atoms with Gasteiger partial charge in [0.05, 0.1) is 5.56 Å². The van der Waals surface area contributed by atoms with Gasteiger partial charge in [-0.3, -0.25) is 14.4 Å². The first-order valence-corrected chi connectivity index (χ1v) is 10.5. The summed E-state index contributed by atoms with van der Waals surface area (Å²) in [5, 5.41) is 3.07. The molecule has 0 fully saturated rings. The van der Waals surface area contributed by atoms with Crippen LogP contribution in [0.1, 0.15) is 51.3 Å². The lowest BCUT2D eigenvalue weighted by Gasteiger charge is -2.36. The van der Waals surface area contributed by atoms with Gasteiger partial charge in [-0.2, -0.15) is 0 Å². The zero-order chi connectivity index (χ0) is 25.6. The van der Waals surface area contributed by atoms with Crippen LogP contribution in [0.25, 0.3) is 10.4 Å². The number of carbonyl (C=O) groups excluding carboxylic acids is 4. The van der Waals surface area contributed by atoms with Crippen LogP contribution in [-0.2, 0) is 19.9 Å². The molecule has 3 aromatic carbocycles. The van der Waals surface area contributed by atoms with E-state index < -0.39 is 29.4 Å². The summed E-state index contributed by atoms with van der Waals surface area (Å²) in [6.07, 6.45) is 0. The Morgan fingerprint density at radius 2 is 1.42 bits per heavy atom. The lowest BCUT2D eigenvalue weighted by Crippen LogP contribution is -2.33. The van der Waals surface area contributed by atoms with Gasteiger partial charge in [0.15, 0.2) is 5.60 Å². The largest absolute Gasteiger partial charge is 0.456 e. The molecule has 0 aliphatic carbocycles. The molecule has 178 valence electrons. The fraction of sp³-hybridized carbons (Fsp3) is 0.120. The van der Waals surface area contributed by atoms with E-state index in [1.165, 1.54) is 50.2 Å². The molecular formula is C25H15N3O8. The van der Waals surface area contributed by atoms with Crippen LogP contribution < -0.4 is 14.2 Å². The predicted molar refractivity (Wildman–Crippen MR) is 121 cm³/mol. The molecule has 0 atom stereocenters. The summed E-state index contributed by atoms with van der Waals surface area (Å²) < 4.78 is 22.4. The second-order valence-electron chi connectivity index (χ2n) is 7.93. The number of benzene rings is 3. The summed E-state index contributed by atoms with van der Waals surface area (Å²) in [5.41, 5.74) is 8.50. The fourth-order valence-electron chi connectivity index (χ4n) is 4.38. The Labute approximate surface area is 202 Å². The topological polar surface area (TPSA) is 154 Å². The van der Waals surface area contributed by atoms with Crippen LogP contribution in [0.3, 0.4) is 0 Å². The number of fused-ring (bicyclic) bond motifs is 6. The Morgan fingerprint density at radius 1 is 0.861 bits per heavy atom. The number of azide groups is 1. The van der Waals surface area contributed by atoms with Crippen molar-refractivity contribution in [3.63, 3.8) is 0 Å². The highest BCUT2D eigenvalue weighted by Gasteiger charge is 2.53. The summed E-state index contributed by atoms with van der Waals surface area (Å²) in [4.78, 5) is 50.6. The molecule has 1 spiro atoms. The minimum atomic E-state index is -1.49. The molecule has 2 heterocycles. The summed E-state index contributed by atoms with van der Waals surface area (Å²) in [6.45, 7) is 2.51. The molecule has 0 N–H and O–H groups in total. The number of amides is 1. The molecule has 3 aromatic rings. The van der Waals surface area contributed by atoms with E-state index in [0.717, 1.165) is 0 Å². The van der Waals surface area contributed by atoms with Gasteiger partial charge in [-0.15, -0.1) is 0 Å². The maximum atomic E-state index is 13.1. The summed E-state index contributed by atoms with van der Waals surface area (Å²) in [6, 6.07) is 13.5. The van der Waals surface area contributed by atoms with Gasteiger partial charge in [-0.25, -0.2) is 4.79 Å². The summed E-state index contributed by atoms with van der Waals surface area (Å²) >= 11 is 0. The SMILES string of the molecule is CC(=O)Oc1ccc2c(c1)Oc1cc(OC(C)=O)ccc1C21OC(=O)c2cc(C(=O)N=[N+]=[N-])ccc21. The van der Waals surface area contributed by atoms with Crippen LogP contribution in [0.2, 0.25) is 0 Å². The molecule has 1 amide bonds. The Bertz CT molecular complexity index is 1490. The summed E-state index contributed by atoms with van der Waals surface area (Å²) in [5.74, 6) is -1.76. The monoisotopic (exact) mass is 485 g/mol. The minimum Gasteiger partial charge on any atom is -0.456 e. The number of ether oxygens (including phenoxy) is 4. The van der Waals surface area contributed by atoms with E-state index in [-0.39, 0.29) is 34.1 Å². The van der Waals surface area contributed by atoms with Gasteiger partial charge in [-0.05, 0) is 41.0 Å². The third-order valence-electron chi connectivity index (χ3n) is 5.65. The van der Waals surface area contributed by atoms with Gasteiger partial charge in [0, 0.05) is 53.1 Å². The number of esters is 3. The zero-order valence-electron chi connectivity index (χ0n) is 18.8. The van der Waals surface area contributed by atoms with E-state index in [9.17, 15) is 19.2 Å². The Kier molecular flexibility index (Phi) is 5.19. The van der Waals surface area contributed by atoms with E-state index in [1.807, 2.05) is 0 Å². The molecular weight excluding hydrogens is 470 g/mol. The van der Waals surface area contributed by atoms with Crippen molar-refractivity contribution in [2.24, 2.45) is 5.11 Å². The molecule has 36 heavy (non-hydrogen) atoms. The van der Waals surface area contributed by atoms with Crippen molar-refractivity contribution in [1.29, 1.82) is 0 Å². The quantitative estimate of drug-likeness (QED) is 0.172. The number of hydrogen-bond donors (Lipinski definition) is 0. The highest BCUT2D eigenvalue weighted by Crippen LogP contribution is 2.57. The normalized spacial score (nSPS) is 13.8. The first kappa shape index (κ1) is 22.6. The summed E-state index contributed by atoms with van der Waals surface area (Å²) in [7, 11) is 0. The number of nitrogens with zero attached hydrogens (tertiary/aromatic N) is 3. The first-order valence-electron chi connectivity index (χ1n) is 10.5. The van der Waals surface area contributed by atoms with Gasteiger partial charge in [0.2, 0.25) is 5.91 Å². The maximum absolute atomic E-state index is 13.1. The number of rotatable bonds is 3. The van der Waals surface area contributed by atoms with Crippen molar-refractivity contribution < 1.29 is 38.1 Å². The second kappa shape index (κ2) is 8.26. The number of carbonyl (C=O) groups is 4. The lowest BCUT2D eigenvalue weighted by molar-refractivity contribution is -0.132. The smallest absolute Gasteiger partial charge is 0.340 e. The van der Waals surface area contributed by atoms with Gasteiger partial charge < -0.3 is 18.9 Å². The predicted octanol–water partition coefficient (Wildman–Crippen LogP) is 4.56. The Balaban J connectivity index is 1.75. The molecule has 2 aliphatic rings. The number of hydrogen-bond acceptors (Lipinski definition) is 8. The van der Waals surface area contributed by atoms with Gasteiger partial charge in [0.1, 0.15) is 23.0 Å². The molecule has 0 bridgehead atoms. The van der Waals surface area contributed by atoms with Crippen LogP contribution in [0.15, 0.2) is 59.7 Å². The van der Waals surface area contributed by atoms with Crippen molar-refractivity contribution in [2.75, 3.05) is 0 Å². The second-order valence-corrected chi connectivity index (χ2v) is 7.93. The maximum Gasteiger partial charge on any atom is 0.340 e. The standard InChI is InChI=1S/C25H15N3O8/c1-12(29)33-15-4-7-19-21(10-15)35-22-11-16(34-13(2)30)5-8-20(22)25(19)18-6-3-14(23(31)27-28-26)9-17(18)24(32)36-25/h3-11H,1-2H3. The van der Waals surface area contributed by atoms with E-state index >= 15 is 0 Å². The van der Waals surface area contributed by atoms with E-state index in [0.29, 0.717) is 16.7 Å². The van der Waals surface area contributed by atoms with Crippen LogP contribution in [-0.4, -0.2) is 23.8 Å². The molecule has 0 aromatic heterocycles. The third-order valence-corrected chi connectivity index (χ3v) is 5.65. The van der Waals surface area contributed by atoms with E-state index in [1.54, 1.807) is 18.2 Å². The van der Waals surface area contributed by atoms with Gasteiger partial charge in [-0.1, -0.05) is 12.1 Å². The van der Waals surface area contributed by atoms with Gasteiger partial charge >= 0.3 is 17.9 Å². The lowest BCUT2D eigenvalue weighted by atomic mass is 9.77. The molecule has 2 aliphatic heterocycles. The molecule has 0 radical (unpaired) electrons. The van der Waals surface area contributed by atoms with Crippen molar-refractivity contribution >= 4 is 23.8 Å². The van der Waals surface area contributed by atoms with E-state index in [2.05, 4.69) is 10.0 Å². The average molecular weight is 485 g/mol. The van der Waals surface area contributed by atoms with Crippen molar-refractivity contribution in [2.45, 2.75) is 19.4 Å². The molecule has 11 nitrogen and oxygen atoms in total. The third kappa shape index (κ3) is 3.51. The van der Waals surface area contributed by atoms with Gasteiger partial charge in [0.25, 0.3) is 0 Å². The molecule has 0 saturated heterocycles. The molecule has 0 saturated carbocycles. The fourth-order valence-corrected chi connectivity index (χ4v) is 4.38. The average Bonchev–Trinajstić information content (AvgIpc) is 3.10. The molecule has 0 unspecified atom stereocenters. The van der Waals surface area contributed by atoms with Crippen LogP contribution in [0, 0.1) is 0 Å².